The van der Waals surface area contributed by atoms with Crippen LogP contribution in [0.4, 0.5) is 0 Å². The predicted octanol–water partition coefficient (Wildman–Crippen LogP) is 18.2. The monoisotopic (exact) mass is 1150 g/mol. The van der Waals surface area contributed by atoms with E-state index in [0.717, 1.165) is 128 Å². The predicted molar refractivity (Wildman–Crippen MR) is 354 cm³/mol. The molecule has 472 valence electrons. The molecule has 1 aliphatic heterocycles. The zero-order valence-corrected chi connectivity index (χ0v) is 52.6. The third-order valence-corrected chi connectivity index (χ3v) is 14.9. The Hall–Kier alpha value is -3.93. The Balaban J connectivity index is 2.20. The van der Waals surface area contributed by atoms with Gasteiger partial charge in [-0.15, -0.1) is 0 Å². The Morgan fingerprint density at radius 3 is 1.11 bits per heavy atom. The molecule has 0 saturated carbocycles. The first kappa shape index (κ1) is 77.1. The number of aliphatic hydroxyl groups excluding tert-OH is 5. The second kappa shape index (κ2) is 61.2. The quantitative estimate of drug-likeness (QED) is 0.0261. The maximum absolute atomic E-state index is 13.1. The van der Waals surface area contributed by atoms with Gasteiger partial charge in [-0.25, -0.2) is 0 Å². The molecule has 1 amide bonds. The molecule has 7 atom stereocenters. The van der Waals surface area contributed by atoms with Crippen LogP contribution >= 0.6 is 0 Å². The van der Waals surface area contributed by atoms with Crippen molar-refractivity contribution in [2.24, 2.45) is 0 Å². The molecule has 0 aromatic rings. The van der Waals surface area contributed by atoms with Gasteiger partial charge in [0.2, 0.25) is 5.91 Å². The summed E-state index contributed by atoms with van der Waals surface area (Å²) in [6.07, 6.45) is 87.8. The minimum atomic E-state index is -1.58. The lowest BCUT2D eigenvalue weighted by Gasteiger charge is -2.40. The third-order valence-electron chi connectivity index (χ3n) is 14.9. The summed E-state index contributed by atoms with van der Waals surface area (Å²) < 4.78 is 11.3. The summed E-state index contributed by atoms with van der Waals surface area (Å²) in [5, 5.41) is 54.7. The van der Waals surface area contributed by atoms with E-state index in [1.807, 2.05) is 6.08 Å². The number of aliphatic hydroxyl groups is 5. The lowest BCUT2D eigenvalue weighted by atomic mass is 9.99. The van der Waals surface area contributed by atoms with Crippen LogP contribution in [0.15, 0.2) is 146 Å². The lowest BCUT2D eigenvalue weighted by Crippen LogP contribution is -2.60. The van der Waals surface area contributed by atoms with E-state index in [1.54, 1.807) is 6.08 Å². The maximum Gasteiger partial charge on any atom is 0.220 e. The van der Waals surface area contributed by atoms with Gasteiger partial charge in [-0.2, -0.15) is 0 Å². The molecule has 83 heavy (non-hydrogen) atoms. The number of carbonyl (C=O) groups is 1. The van der Waals surface area contributed by atoms with Gasteiger partial charge in [-0.1, -0.05) is 295 Å². The molecule has 0 spiro atoms. The van der Waals surface area contributed by atoms with Crippen LogP contribution in [0.2, 0.25) is 0 Å². The summed E-state index contributed by atoms with van der Waals surface area (Å²) in [7, 11) is 0. The topological polar surface area (TPSA) is 149 Å². The molecule has 0 aliphatic carbocycles. The van der Waals surface area contributed by atoms with Crippen LogP contribution < -0.4 is 5.32 Å². The average molecular weight is 1150 g/mol. The normalized spacial score (nSPS) is 19.2. The minimum Gasteiger partial charge on any atom is -0.394 e. The Labute approximate surface area is 508 Å². The van der Waals surface area contributed by atoms with Crippen molar-refractivity contribution in [1.82, 2.24) is 5.32 Å². The highest BCUT2D eigenvalue weighted by atomic mass is 16.7. The molecule has 1 saturated heterocycles. The molecule has 0 bridgehead atoms. The largest absolute Gasteiger partial charge is 0.394 e. The van der Waals surface area contributed by atoms with Gasteiger partial charge >= 0.3 is 0 Å². The van der Waals surface area contributed by atoms with Crippen molar-refractivity contribution < 1.29 is 39.8 Å². The lowest BCUT2D eigenvalue weighted by molar-refractivity contribution is -0.302. The molecule has 9 nitrogen and oxygen atoms in total. The fraction of sp³-hybridized carbons (Fsp3) is 0.662. The number of allylic oxidation sites excluding steroid dienone is 23. The number of hydrogen-bond donors (Lipinski definition) is 6. The van der Waals surface area contributed by atoms with E-state index in [-0.39, 0.29) is 12.5 Å². The van der Waals surface area contributed by atoms with E-state index < -0.39 is 49.5 Å². The van der Waals surface area contributed by atoms with Gasteiger partial charge in [0.25, 0.3) is 0 Å². The first-order valence-corrected chi connectivity index (χ1v) is 33.6. The van der Waals surface area contributed by atoms with Gasteiger partial charge in [0.05, 0.1) is 25.4 Å². The second-order valence-electron chi connectivity index (χ2n) is 22.5. The van der Waals surface area contributed by atoms with E-state index in [9.17, 15) is 30.3 Å². The Morgan fingerprint density at radius 2 is 0.747 bits per heavy atom. The SMILES string of the molecule is CC/C=C\C/C=C\C/C=C\C/C=C\C/C=C\C/C=C\C/C=C\C/C=C\C/C=C\C/C=C\C/C=C\CCCCCCCC(=O)NC(COC1OC(CO)C(O)C(O)C1O)C(O)/C=C/CCCCCCCCCCCCCCCCCCCCC. The van der Waals surface area contributed by atoms with Gasteiger partial charge in [-0.3, -0.25) is 4.79 Å². The highest BCUT2D eigenvalue weighted by Gasteiger charge is 2.44. The van der Waals surface area contributed by atoms with Crippen molar-refractivity contribution in [3.05, 3.63) is 146 Å². The van der Waals surface area contributed by atoms with Crippen LogP contribution in [0.1, 0.15) is 258 Å². The van der Waals surface area contributed by atoms with Crippen molar-refractivity contribution in [3.63, 3.8) is 0 Å². The van der Waals surface area contributed by atoms with Crippen LogP contribution in [0.5, 0.6) is 0 Å². The van der Waals surface area contributed by atoms with Crippen molar-refractivity contribution in [2.75, 3.05) is 13.2 Å². The number of carbonyl (C=O) groups excluding carboxylic acids is 1. The van der Waals surface area contributed by atoms with Crippen LogP contribution in [-0.2, 0) is 14.3 Å². The van der Waals surface area contributed by atoms with E-state index in [1.165, 1.54) is 109 Å². The molecule has 7 unspecified atom stereocenters. The molecule has 1 rings (SSSR count). The second-order valence-corrected chi connectivity index (χ2v) is 22.5. The Morgan fingerprint density at radius 1 is 0.422 bits per heavy atom. The van der Waals surface area contributed by atoms with Crippen molar-refractivity contribution in [3.8, 4) is 0 Å². The van der Waals surface area contributed by atoms with Crippen LogP contribution in [0, 0.1) is 0 Å². The molecule has 0 radical (unpaired) electrons. The average Bonchev–Trinajstić information content (AvgIpc) is 3.60. The first-order chi connectivity index (χ1) is 40.8. The third kappa shape index (κ3) is 50.0. The van der Waals surface area contributed by atoms with Crippen molar-refractivity contribution >= 4 is 5.91 Å². The van der Waals surface area contributed by atoms with Gasteiger partial charge in [-0.05, 0) is 103 Å². The number of nitrogens with one attached hydrogen (secondary N) is 1. The number of unbranched alkanes of at least 4 members (excludes halogenated alkanes) is 24. The summed E-state index contributed by atoms with van der Waals surface area (Å²) in [4.78, 5) is 13.1. The molecular weight excluding hydrogens is 1030 g/mol. The molecule has 6 N–H and O–H groups in total. The van der Waals surface area contributed by atoms with Gasteiger partial charge in [0, 0.05) is 6.42 Å². The fourth-order valence-corrected chi connectivity index (χ4v) is 9.69. The summed E-state index contributed by atoms with van der Waals surface area (Å²) >= 11 is 0. The fourth-order valence-electron chi connectivity index (χ4n) is 9.69. The van der Waals surface area contributed by atoms with E-state index in [2.05, 4.69) is 153 Å². The van der Waals surface area contributed by atoms with Crippen LogP contribution in [-0.4, -0.2) is 87.5 Å². The van der Waals surface area contributed by atoms with Crippen molar-refractivity contribution in [1.29, 1.82) is 0 Å². The maximum atomic E-state index is 13.1. The van der Waals surface area contributed by atoms with Crippen molar-refractivity contribution in [2.45, 2.75) is 301 Å². The van der Waals surface area contributed by atoms with Gasteiger partial charge in [0.1, 0.15) is 24.4 Å². The highest BCUT2D eigenvalue weighted by molar-refractivity contribution is 5.76. The molecule has 1 aliphatic rings. The van der Waals surface area contributed by atoms with Crippen LogP contribution in [0.3, 0.4) is 0 Å². The smallest absolute Gasteiger partial charge is 0.220 e. The zero-order chi connectivity index (χ0) is 60.0. The summed E-state index contributed by atoms with van der Waals surface area (Å²) in [5.41, 5.74) is 0. The number of amides is 1. The van der Waals surface area contributed by atoms with Gasteiger partial charge < -0.3 is 40.3 Å². The van der Waals surface area contributed by atoms with E-state index in [0.29, 0.717) is 6.42 Å². The number of ether oxygens (including phenoxy) is 2. The van der Waals surface area contributed by atoms with E-state index in [4.69, 9.17) is 9.47 Å². The minimum absolute atomic E-state index is 0.200. The standard InChI is InChI=1S/C74H123NO8/c1-3-5-7-9-11-13-15-17-19-21-23-25-26-27-28-29-30-31-32-33-34-35-36-37-38-39-40-41-42-44-46-48-50-52-54-56-58-60-62-64-70(78)75-67(66-82-74-73(81)72(80)71(79)69(65-76)83-74)68(77)63-61-59-57-55-53-51-49-47-45-43-24-22-20-18-16-14-12-10-8-6-4-2/h5,7,11,13,17,19,23,25,27-28,30-31,33-34,36-37,39-40,42,44,48,50,61,63,67-69,71-74,76-77,79-81H,3-4,6,8-10,12,14-16,18,20-22,24,26,29,32,35,38,41,43,45-47,49,51-60,62,64-66H2,1-2H3,(H,75,78)/b7-5-,13-11-,19-17-,25-23-,28-27-,31-30-,34-33-,37-36-,40-39-,44-42-,50-48-,63-61+. The van der Waals surface area contributed by atoms with E-state index >= 15 is 0 Å². The highest BCUT2D eigenvalue weighted by Crippen LogP contribution is 2.23. The molecular formula is C74H123NO8. The summed E-state index contributed by atoms with van der Waals surface area (Å²) in [6, 6.07) is -0.827. The summed E-state index contributed by atoms with van der Waals surface area (Å²) in [6.45, 7) is 3.66. The van der Waals surface area contributed by atoms with Gasteiger partial charge in [0.15, 0.2) is 6.29 Å². The molecule has 9 heteroatoms. The number of rotatable bonds is 56. The van der Waals surface area contributed by atoms with Crippen LogP contribution in [0.25, 0.3) is 0 Å². The first-order valence-electron chi connectivity index (χ1n) is 33.6. The molecule has 1 heterocycles. The Kier molecular flexibility index (Phi) is 56.8. The number of hydrogen-bond acceptors (Lipinski definition) is 8. The molecule has 1 fully saturated rings. The molecule has 0 aromatic carbocycles. The summed E-state index contributed by atoms with van der Waals surface area (Å²) in [5.74, 6) is -0.200. The zero-order valence-electron chi connectivity index (χ0n) is 52.6. The molecule has 0 aromatic heterocycles. The Bertz CT molecular complexity index is 1820.